The highest BCUT2D eigenvalue weighted by atomic mass is 79.9. The van der Waals surface area contributed by atoms with Gasteiger partial charge in [0.05, 0.1) is 7.57 Å². The summed E-state index contributed by atoms with van der Waals surface area (Å²) >= 11 is 15.1. The lowest BCUT2D eigenvalue weighted by atomic mass is 10.0. The molecule has 0 atom stereocenters. The average Bonchev–Trinajstić information content (AvgIpc) is 3.70. The Hall–Kier alpha value is -0.240. The first kappa shape index (κ1) is 30.7. The lowest BCUT2D eigenvalue weighted by molar-refractivity contribution is 0.608. The van der Waals surface area contributed by atoms with Gasteiger partial charge in [0.2, 0.25) is 0 Å². The summed E-state index contributed by atoms with van der Waals surface area (Å²) in [4.78, 5) is 8.66. The van der Waals surface area contributed by atoms with E-state index in [9.17, 15) is 0 Å². The van der Waals surface area contributed by atoms with Crippen molar-refractivity contribution < 1.29 is 0 Å². The van der Waals surface area contributed by atoms with Crippen LogP contribution in [0.15, 0.2) is 44.0 Å². The van der Waals surface area contributed by atoms with Crippen LogP contribution in [0.1, 0.15) is 102 Å². The first-order valence-electron chi connectivity index (χ1n) is 14.4. The molecule has 0 amide bonds. The van der Waals surface area contributed by atoms with E-state index >= 15 is 0 Å². The number of rotatable bonds is 17. The maximum Gasteiger partial charge on any atom is 0.0705 e. The fraction of sp³-hybridized carbons (Fsp3) is 0.500. The summed E-state index contributed by atoms with van der Waals surface area (Å²) in [5.74, 6) is 0. The van der Waals surface area contributed by atoms with Gasteiger partial charge < -0.3 is 0 Å². The summed E-state index contributed by atoms with van der Waals surface area (Å²) in [7, 11) is 0. The number of hydrogen-bond acceptors (Lipinski definition) is 4. The molecule has 0 N–H and O–H groups in total. The largest absolute Gasteiger partial charge is 0.133 e. The van der Waals surface area contributed by atoms with Crippen molar-refractivity contribution in [1.29, 1.82) is 0 Å². The van der Waals surface area contributed by atoms with Gasteiger partial charge >= 0.3 is 0 Å². The van der Waals surface area contributed by atoms with Gasteiger partial charge in [-0.05, 0) is 105 Å². The molecule has 0 spiro atoms. The Morgan fingerprint density at radius 2 is 0.868 bits per heavy atom. The lowest BCUT2D eigenvalue weighted by Gasteiger charge is -2.02. The summed E-state index contributed by atoms with van der Waals surface area (Å²) in [6, 6.07) is 14.0. The number of hydrogen-bond donors (Lipinski definition) is 0. The zero-order valence-corrected chi connectivity index (χ0v) is 29.2. The molecular formula is C32H40Br2S4. The summed E-state index contributed by atoms with van der Waals surface area (Å²) in [5.41, 5.74) is 3.09. The molecule has 4 aromatic rings. The topological polar surface area (TPSA) is 0 Å². The SMILES string of the molecule is CCCCCCCCc1cc(-c2cc(CCCCCCCC)c(-c3ccc(Br)s3)s2)sc1-c1ccc(Br)s1. The van der Waals surface area contributed by atoms with Crippen molar-refractivity contribution in [3.05, 3.63) is 55.1 Å². The number of thiophene rings is 4. The quantitative estimate of drug-likeness (QED) is 0.0956. The zero-order valence-electron chi connectivity index (χ0n) is 22.8. The summed E-state index contributed by atoms with van der Waals surface area (Å²) in [6.07, 6.45) is 18.5. The van der Waals surface area contributed by atoms with Crippen LogP contribution in [0.25, 0.3) is 29.3 Å². The maximum absolute atomic E-state index is 3.70. The predicted molar refractivity (Wildman–Crippen MR) is 184 cm³/mol. The fourth-order valence-electron chi connectivity index (χ4n) is 4.95. The molecule has 0 fully saturated rings. The lowest BCUT2D eigenvalue weighted by Crippen LogP contribution is -1.86. The molecule has 0 nitrogen and oxygen atoms in total. The number of aryl methyl sites for hydroxylation is 2. The van der Waals surface area contributed by atoms with E-state index in [1.165, 1.54) is 127 Å². The molecule has 6 heteroatoms. The van der Waals surface area contributed by atoms with Crippen molar-refractivity contribution in [3.63, 3.8) is 0 Å². The third kappa shape index (κ3) is 8.88. The van der Waals surface area contributed by atoms with E-state index in [0.29, 0.717) is 0 Å². The van der Waals surface area contributed by atoms with Gasteiger partial charge in [-0.25, -0.2) is 0 Å². The van der Waals surface area contributed by atoms with E-state index in [0.717, 1.165) is 0 Å². The van der Waals surface area contributed by atoms with Crippen LogP contribution >= 0.6 is 77.2 Å². The van der Waals surface area contributed by atoms with Gasteiger partial charge in [0.15, 0.2) is 0 Å². The van der Waals surface area contributed by atoms with Crippen molar-refractivity contribution in [1.82, 2.24) is 0 Å². The maximum atomic E-state index is 3.70. The van der Waals surface area contributed by atoms with Gasteiger partial charge in [-0.2, -0.15) is 0 Å². The summed E-state index contributed by atoms with van der Waals surface area (Å²) in [6.45, 7) is 4.59. The Kier molecular flexibility index (Phi) is 13.1. The van der Waals surface area contributed by atoms with E-state index in [4.69, 9.17) is 0 Å². The van der Waals surface area contributed by atoms with Crippen LogP contribution in [0.5, 0.6) is 0 Å². The Bertz CT molecular complexity index is 1150. The molecule has 0 aliphatic heterocycles. The Morgan fingerprint density at radius 3 is 1.24 bits per heavy atom. The van der Waals surface area contributed by atoms with E-state index in [1.54, 1.807) is 11.1 Å². The minimum Gasteiger partial charge on any atom is -0.133 e. The first-order valence-corrected chi connectivity index (χ1v) is 19.2. The van der Waals surface area contributed by atoms with E-state index in [1.807, 2.05) is 45.3 Å². The van der Waals surface area contributed by atoms with Gasteiger partial charge in [0, 0.05) is 29.3 Å². The predicted octanol–water partition coefficient (Wildman–Crippen LogP) is 14.3. The van der Waals surface area contributed by atoms with E-state index in [2.05, 4.69) is 82.1 Å². The van der Waals surface area contributed by atoms with Crippen molar-refractivity contribution in [2.24, 2.45) is 0 Å². The Labute approximate surface area is 263 Å². The van der Waals surface area contributed by atoms with Crippen molar-refractivity contribution in [3.8, 4) is 29.3 Å². The van der Waals surface area contributed by atoms with Gasteiger partial charge in [-0.1, -0.05) is 78.1 Å². The third-order valence-electron chi connectivity index (χ3n) is 7.05. The van der Waals surface area contributed by atoms with Crippen molar-refractivity contribution in [2.75, 3.05) is 0 Å². The van der Waals surface area contributed by atoms with E-state index in [-0.39, 0.29) is 0 Å². The second-order valence-corrected chi connectivity index (χ2v) is 17.2. The highest BCUT2D eigenvalue weighted by Gasteiger charge is 2.19. The molecule has 4 rings (SSSR count). The van der Waals surface area contributed by atoms with Crippen molar-refractivity contribution >= 4 is 77.2 Å². The molecule has 0 aliphatic rings. The molecule has 206 valence electrons. The van der Waals surface area contributed by atoms with Crippen LogP contribution in [-0.4, -0.2) is 0 Å². The minimum atomic E-state index is 1.19. The van der Waals surface area contributed by atoms with E-state index < -0.39 is 0 Å². The first-order chi connectivity index (χ1) is 18.6. The molecule has 0 aromatic carbocycles. The summed E-state index contributed by atoms with van der Waals surface area (Å²) < 4.78 is 2.44. The van der Waals surface area contributed by atoms with Crippen molar-refractivity contribution in [2.45, 2.75) is 104 Å². The average molecular weight is 713 g/mol. The van der Waals surface area contributed by atoms with Crippen LogP contribution in [0.3, 0.4) is 0 Å². The minimum absolute atomic E-state index is 1.19. The highest BCUT2D eigenvalue weighted by molar-refractivity contribution is 9.11. The molecule has 0 bridgehead atoms. The smallest absolute Gasteiger partial charge is 0.0705 e. The van der Waals surface area contributed by atoms with Crippen LogP contribution in [0, 0.1) is 0 Å². The molecule has 4 heterocycles. The molecule has 0 saturated heterocycles. The van der Waals surface area contributed by atoms with Crippen LogP contribution in [-0.2, 0) is 12.8 Å². The molecule has 0 unspecified atom stereocenters. The highest BCUT2D eigenvalue weighted by Crippen LogP contribution is 2.48. The Morgan fingerprint density at radius 1 is 0.474 bits per heavy atom. The molecule has 0 saturated carbocycles. The molecule has 38 heavy (non-hydrogen) atoms. The normalized spacial score (nSPS) is 11.6. The van der Waals surface area contributed by atoms with Crippen LogP contribution < -0.4 is 0 Å². The van der Waals surface area contributed by atoms with Crippen LogP contribution in [0.4, 0.5) is 0 Å². The fourth-order valence-corrected chi connectivity index (χ4v) is 10.5. The van der Waals surface area contributed by atoms with Gasteiger partial charge in [0.1, 0.15) is 0 Å². The second-order valence-electron chi connectivity index (χ2n) is 10.2. The molecule has 0 radical (unpaired) electrons. The number of unbranched alkanes of at least 4 members (excludes halogenated alkanes) is 10. The van der Waals surface area contributed by atoms with Crippen LogP contribution in [0.2, 0.25) is 0 Å². The third-order valence-corrected chi connectivity index (χ3v) is 13.2. The Balaban J connectivity index is 1.56. The monoisotopic (exact) mass is 710 g/mol. The molecule has 0 aliphatic carbocycles. The standard InChI is InChI=1S/C32H40Br2S4/c1-3-5-7-9-11-13-15-23-21-27(37-31(23)25-17-19-29(33)35-25)28-22-24(16-14-12-10-8-6-4-2)32(38-28)26-18-20-30(34)36-26/h17-22H,3-16H2,1-2H3. The molecular weight excluding hydrogens is 672 g/mol. The second kappa shape index (κ2) is 16.3. The summed E-state index contributed by atoms with van der Waals surface area (Å²) in [5, 5.41) is 0. The number of halogens is 2. The van der Waals surface area contributed by atoms with Gasteiger partial charge in [0.25, 0.3) is 0 Å². The zero-order chi connectivity index (χ0) is 26.7. The van der Waals surface area contributed by atoms with Gasteiger partial charge in [-0.3, -0.25) is 0 Å². The van der Waals surface area contributed by atoms with Gasteiger partial charge in [-0.15, -0.1) is 45.3 Å². The molecule has 4 aromatic heterocycles.